The fourth-order valence-corrected chi connectivity index (χ4v) is 3.37. The Kier molecular flexibility index (Phi) is 6.08. The molecular formula is C23H22F3N3O2. The third-order valence-corrected chi connectivity index (χ3v) is 5.10. The first kappa shape index (κ1) is 21.1. The van der Waals surface area contributed by atoms with Gasteiger partial charge in [-0.2, -0.15) is 13.2 Å². The summed E-state index contributed by atoms with van der Waals surface area (Å²) in [7, 11) is 0. The Morgan fingerprint density at radius 2 is 1.77 bits per heavy atom. The van der Waals surface area contributed by atoms with Crippen LogP contribution in [0.5, 0.6) is 0 Å². The van der Waals surface area contributed by atoms with Crippen molar-refractivity contribution in [3.05, 3.63) is 77.6 Å². The van der Waals surface area contributed by atoms with Crippen molar-refractivity contribution in [3.63, 3.8) is 0 Å². The molecule has 1 amide bonds. The summed E-state index contributed by atoms with van der Waals surface area (Å²) in [6.07, 6.45) is -2.21. The number of nitrogens with zero attached hydrogens (tertiary/aromatic N) is 2. The summed E-state index contributed by atoms with van der Waals surface area (Å²) in [6, 6.07) is 18.9. The molecule has 1 fully saturated rings. The van der Waals surface area contributed by atoms with Crippen LogP contribution in [0.1, 0.15) is 34.5 Å². The van der Waals surface area contributed by atoms with E-state index in [1.165, 1.54) is 0 Å². The Hall–Kier alpha value is -3.13. The van der Waals surface area contributed by atoms with Crippen molar-refractivity contribution in [3.8, 4) is 11.3 Å². The normalized spacial score (nSPS) is 14.1. The summed E-state index contributed by atoms with van der Waals surface area (Å²) in [6.45, 7) is -0.0833. The van der Waals surface area contributed by atoms with E-state index in [1.54, 1.807) is 24.3 Å². The first-order valence-electron chi connectivity index (χ1n) is 10.1. The zero-order valence-electron chi connectivity index (χ0n) is 16.7. The lowest BCUT2D eigenvalue weighted by molar-refractivity contribution is -0.123. The minimum atomic E-state index is -4.43. The van der Waals surface area contributed by atoms with E-state index in [9.17, 15) is 18.0 Å². The molecule has 0 saturated heterocycles. The maximum absolute atomic E-state index is 12.3. The first-order valence-corrected chi connectivity index (χ1v) is 10.1. The number of amides is 1. The molecule has 0 bridgehead atoms. The second-order valence-electron chi connectivity index (χ2n) is 7.68. The van der Waals surface area contributed by atoms with E-state index < -0.39 is 18.6 Å². The smallest absolute Gasteiger partial charge is 0.359 e. The molecule has 5 nitrogen and oxygen atoms in total. The lowest BCUT2D eigenvalue weighted by Crippen LogP contribution is -2.33. The quantitative estimate of drug-likeness (QED) is 0.559. The SMILES string of the molecule is O=C(NCC(F)(F)F)c1ccc(CN(Cc2cc(-c3ccccc3)no2)C2CC2)cc1. The maximum Gasteiger partial charge on any atom is 0.405 e. The highest BCUT2D eigenvalue weighted by Crippen LogP contribution is 2.30. The van der Waals surface area contributed by atoms with E-state index in [1.807, 2.05) is 41.7 Å². The number of nitrogens with one attached hydrogen (secondary N) is 1. The standard InChI is InChI=1S/C23H22F3N3O2/c24-23(25,26)15-27-22(30)18-8-6-16(7-9-18)13-29(19-10-11-19)14-20-12-21(28-31-20)17-4-2-1-3-5-17/h1-9,12,19H,10-11,13-15H2,(H,27,30). The highest BCUT2D eigenvalue weighted by molar-refractivity contribution is 5.94. The summed E-state index contributed by atoms with van der Waals surface area (Å²) < 4.78 is 42.3. The maximum atomic E-state index is 12.3. The number of hydrogen-bond acceptors (Lipinski definition) is 4. The average Bonchev–Trinajstić information content (AvgIpc) is 3.51. The van der Waals surface area contributed by atoms with Gasteiger partial charge in [-0.05, 0) is 30.5 Å². The van der Waals surface area contributed by atoms with Gasteiger partial charge in [0, 0.05) is 29.8 Å². The monoisotopic (exact) mass is 429 g/mol. The number of hydrogen-bond donors (Lipinski definition) is 1. The van der Waals surface area contributed by atoms with Crippen LogP contribution in [0.3, 0.4) is 0 Å². The minimum absolute atomic E-state index is 0.203. The molecule has 1 heterocycles. The molecule has 8 heteroatoms. The molecule has 4 rings (SSSR count). The molecule has 1 N–H and O–H groups in total. The lowest BCUT2D eigenvalue weighted by atomic mass is 10.1. The van der Waals surface area contributed by atoms with Gasteiger partial charge in [-0.3, -0.25) is 9.69 Å². The fraction of sp³-hybridized carbons (Fsp3) is 0.304. The average molecular weight is 429 g/mol. The number of carbonyl (C=O) groups is 1. The number of halogens is 3. The Morgan fingerprint density at radius 3 is 2.42 bits per heavy atom. The van der Waals surface area contributed by atoms with E-state index in [0.29, 0.717) is 19.1 Å². The van der Waals surface area contributed by atoms with E-state index >= 15 is 0 Å². The largest absolute Gasteiger partial charge is 0.405 e. The molecular weight excluding hydrogens is 407 g/mol. The second kappa shape index (κ2) is 8.93. The van der Waals surface area contributed by atoms with Crippen LogP contribution < -0.4 is 5.32 Å². The zero-order valence-corrected chi connectivity index (χ0v) is 16.7. The van der Waals surface area contributed by atoms with E-state index in [2.05, 4.69) is 10.1 Å². The van der Waals surface area contributed by atoms with E-state index in [-0.39, 0.29) is 5.56 Å². The Morgan fingerprint density at radius 1 is 1.06 bits per heavy atom. The third kappa shape index (κ3) is 5.95. The summed E-state index contributed by atoms with van der Waals surface area (Å²) in [5.74, 6) is 0.0342. The second-order valence-corrected chi connectivity index (χ2v) is 7.68. The van der Waals surface area contributed by atoms with Crippen molar-refractivity contribution in [1.29, 1.82) is 0 Å². The molecule has 0 unspecified atom stereocenters. The van der Waals surface area contributed by atoms with Crippen LogP contribution in [-0.2, 0) is 13.1 Å². The number of aromatic nitrogens is 1. The number of carbonyl (C=O) groups excluding carboxylic acids is 1. The van der Waals surface area contributed by atoms with Crippen LogP contribution in [0.2, 0.25) is 0 Å². The van der Waals surface area contributed by atoms with Gasteiger partial charge in [0.25, 0.3) is 5.91 Å². The van der Waals surface area contributed by atoms with E-state index in [4.69, 9.17) is 4.52 Å². The molecule has 0 radical (unpaired) electrons. The van der Waals surface area contributed by atoms with Gasteiger partial charge in [-0.15, -0.1) is 0 Å². The van der Waals surface area contributed by atoms with Gasteiger partial charge >= 0.3 is 6.18 Å². The summed E-state index contributed by atoms with van der Waals surface area (Å²) in [5.41, 5.74) is 2.96. The van der Waals surface area contributed by atoms with Crippen molar-refractivity contribution in [2.75, 3.05) is 6.54 Å². The minimum Gasteiger partial charge on any atom is -0.359 e. The van der Waals surface area contributed by atoms with Crippen molar-refractivity contribution in [1.82, 2.24) is 15.4 Å². The van der Waals surface area contributed by atoms with Gasteiger partial charge in [0.05, 0.1) is 6.54 Å². The molecule has 3 aromatic rings. The van der Waals surface area contributed by atoms with Gasteiger partial charge in [-0.25, -0.2) is 0 Å². The van der Waals surface area contributed by atoms with Crippen molar-refractivity contribution >= 4 is 5.91 Å². The topological polar surface area (TPSA) is 58.4 Å². The number of rotatable bonds is 8. The van der Waals surface area contributed by atoms with Gasteiger partial charge in [-0.1, -0.05) is 47.6 Å². The van der Waals surface area contributed by atoms with E-state index in [0.717, 1.165) is 35.4 Å². The molecule has 0 atom stereocenters. The Bertz CT molecular complexity index is 1010. The van der Waals surface area contributed by atoms with Crippen LogP contribution in [-0.4, -0.2) is 34.7 Å². The summed E-state index contributed by atoms with van der Waals surface area (Å²) in [5, 5.41) is 6.05. The van der Waals surface area contributed by atoms with Gasteiger partial charge in [0.2, 0.25) is 0 Å². The van der Waals surface area contributed by atoms with Crippen LogP contribution in [0, 0.1) is 0 Å². The predicted octanol–water partition coefficient (Wildman–Crippen LogP) is 4.80. The van der Waals surface area contributed by atoms with Gasteiger partial charge < -0.3 is 9.84 Å². The van der Waals surface area contributed by atoms with Crippen LogP contribution in [0.4, 0.5) is 13.2 Å². The number of alkyl halides is 3. The molecule has 1 aromatic heterocycles. The highest BCUT2D eigenvalue weighted by Gasteiger charge is 2.30. The molecule has 1 aliphatic rings. The molecule has 0 spiro atoms. The molecule has 31 heavy (non-hydrogen) atoms. The molecule has 162 valence electrons. The lowest BCUT2D eigenvalue weighted by Gasteiger charge is -2.20. The molecule has 0 aliphatic heterocycles. The van der Waals surface area contributed by atoms with Gasteiger partial charge in [0.1, 0.15) is 12.2 Å². The van der Waals surface area contributed by atoms with Gasteiger partial charge in [0.15, 0.2) is 5.76 Å². The molecule has 1 aliphatic carbocycles. The Balaban J connectivity index is 1.38. The Labute approximate surface area is 177 Å². The highest BCUT2D eigenvalue weighted by atomic mass is 19.4. The van der Waals surface area contributed by atoms with Crippen LogP contribution >= 0.6 is 0 Å². The predicted molar refractivity (Wildman–Crippen MR) is 109 cm³/mol. The fourth-order valence-electron chi connectivity index (χ4n) is 3.37. The first-order chi connectivity index (χ1) is 14.9. The van der Waals surface area contributed by atoms with Crippen LogP contribution in [0.25, 0.3) is 11.3 Å². The molecule has 1 saturated carbocycles. The van der Waals surface area contributed by atoms with Crippen LogP contribution in [0.15, 0.2) is 65.2 Å². The van der Waals surface area contributed by atoms with Crippen molar-refractivity contribution < 1.29 is 22.5 Å². The third-order valence-electron chi connectivity index (χ3n) is 5.10. The number of benzene rings is 2. The van der Waals surface area contributed by atoms with Crippen molar-refractivity contribution in [2.24, 2.45) is 0 Å². The van der Waals surface area contributed by atoms with Crippen molar-refractivity contribution in [2.45, 2.75) is 38.1 Å². The zero-order chi connectivity index (χ0) is 21.8. The summed E-state index contributed by atoms with van der Waals surface area (Å²) >= 11 is 0. The molecule has 2 aromatic carbocycles. The summed E-state index contributed by atoms with van der Waals surface area (Å²) in [4.78, 5) is 14.1.